The number of hydrogen-bond acceptors (Lipinski definition) is 8. The normalized spacial score (nSPS) is 16.9. The molecule has 2 aliphatic rings. The average Bonchev–Trinajstić information content (AvgIpc) is 3.52. The van der Waals surface area contributed by atoms with Crippen LogP contribution in [-0.2, 0) is 0 Å². The first kappa shape index (κ1) is 28.8. The molecule has 0 spiro atoms. The average molecular weight is 607 g/mol. The molecule has 0 radical (unpaired) electrons. The maximum Gasteiger partial charge on any atom is 0.395 e. The Kier molecular flexibility index (Phi) is 7.02. The Balaban J connectivity index is 1.44. The second-order valence-electron chi connectivity index (χ2n) is 11.9. The number of pyridine rings is 2. The molecule has 43 heavy (non-hydrogen) atoms. The maximum atomic E-state index is 13.7. The van der Waals surface area contributed by atoms with Crippen LogP contribution in [0.2, 0.25) is 5.02 Å². The predicted octanol–water partition coefficient (Wildman–Crippen LogP) is 7.18. The Morgan fingerprint density at radius 3 is 2.65 bits per heavy atom. The van der Waals surface area contributed by atoms with Gasteiger partial charge < -0.3 is 16.1 Å². The van der Waals surface area contributed by atoms with Crippen LogP contribution in [-0.4, -0.2) is 33.2 Å². The Morgan fingerprint density at radius 1 is 1.14 bits per heavy atom. The van der Waals surface area contributed by atoms with Crippen molar-refractivity contribution in [2.45, 2.75) is 51.4 Å². The minimum Gasteiger partial charge on any atom is -0.382 e. The number of aromatic nitrogens is 2. The lowest BCUT2D eigenvalue weighted by Gasteiger charge is -2.29. The highest BCUT2D eigenvalue weighted by atomic mass is 35.5. The van der Waals surface area contributed by atoms with Crippen molar-refractivity contribution < 1.29 is 13.2 Å². The number of hydrazine groups is 2. The van der Waals surface area contributed by atoms with E-state index in [1.165, 1.54) is 6.20 Å². The second kappa shape index (κ2) is 10.5. The number of halogens is 4. The molecule has 1 saturated carbocycles. The van der Waals surface area contributed by atoms with Gasteiger partial charge in [-0.3, -0.25) is 15.0 Å². The van der Waals surface area contributed by atoms with E-state index >= 15 is 0 Å². The number of rotatable bonds is 8. The maximum absolute atomic E-state index is 13.7. The first-order valence-corrected chi connectivity index (χ1v) is 14.2. The fourth-order valence-corrected chi connectivity index (χ4v) is 5.35. The van der Waals surface area contributed by atoms with Crippen molar-refractivity contribution >= 4 is 44.8 Å². The predicted molar refractivity (Wildman–Crippen MR) is 162 cm³/mol. The van der Waals surface area contributed by atoms with Crippen molar-refractivity contribution in [3.05, 3.63) is 82.9 Å². The summed E-state index contributed by atoms with van der Waals surface area (Å²) in [4.78, 5) is 8.88. The zero-order valence-electron chi connectivity index (χ0n) is 23.8. The molecule has 0 saturated heterocycles. The van der Waals surface area contributed by atoms with Gasteiger partial charge >= 0.3 is 6.18 Å². The van der Waals surface area contributed by atoms with Crippen molar-refractivity contribution in [2.24, 2.45) is 5.41 Å². The van der Waals surface area contributed by atoms with E-state index in [-0.39, 0.29) is 16.8 Å². The molecule has 2 aromatic carbocycles. The van der Waals surface area contributed by atoms with Gasteiger partial charge in [0.25, 0.3) is 0 Å². The van der Waals surface area contributed by atoms with Crippen LogP contribution in [0.1, 0.15) is 50.8 Å². The van der Waals surface area contributed by atoms with Gasteiger partial charge in [-0.25, -0.2) is 0 Å². The monoisotopic (exact) mass is 606 g/mol. The van der Waals surface area contributed by atoms with Gasteiger partial charge in [0.05, 0.1) is 50.0 Å². The van der Waals surface area contributed by atoms with E-state index in [0.29, 0.717) is 21.6 Å². The fourth-order valence-electron chi connectivity index (χ4n) is 5.08. The SMILES string of the molecule is CC1(N2C=C([C@@H](Nc3cc(Cl)c4ncc(C#N)c(NCC(C)(C)C(F)(F)F)c4c3)c3cccc4ncccc34)NN2)CC1. The molecule has 1 aliphatic carbocycles. The fraction of sp³-hybridized carbons (Fsp3) is 0.323. The highest BCUT2D eigenvalue weighted by Crippen LogP contribution is 2.43. The Morgan fingerprint density at radius 2 is 1.93 bits per heavy atom. The molecule has 3 heterocycles. The minimum absolute atomic E-state index is 0.0238. The van der Waals surface area contributed by atoms with Gasteiger partial charge in [-0.15, -0.1) is 5.53 Å². The summed E-state index contributed by atoms with van der Waals surface area (Å²) in [5.74, 6) is 0. The molecule has 12 heteroatoms. The van der Waals surface area contributed by atoms with Crippen LogP contribution in [0.3, 0.4) is 0 Å². The summed E-state index contributed by atoms with van der Waals surface area (Å²) in [6.07, 6.45) is 2.80. The number of nitriles is 1. The van der Waals surface area contributed by atoms with Gasteiger partial charge in [-0.1, -0.05) is 29.8 Å². The lowest BCUT2D eigenvalue weighted by Crippen LogP contribution is -2.43. The largest absolute Gasteiger partial charge is 0.395 e. The Hall–Kier alpha value is -4.27. The molecule has 0 amide bonds. The summed E-state index contributed by atoms with van der Waals surface area (Å²) in [5.41, 5.74) is 8.54. The van der Waals surface area contributed by atoms with Crippen molar-refractivity contribution in [1.29, 1.82) is 5.26 Å². The molecule has 0 bridgehead atoms. The number of hydrogen-bond donors (Lipinski definition) is 4. The first-order valence-electron chi connectivity index (χ1n) is 13.9. The summed E-state index contributed by atoms with van der Waals surface area (Å²) in [5, 5.41) is 20.0. The summed E-state index contributed by atoms with van der Waals surface area (Å²) >= 11 is 6.71. The summed E-state index contributed by atoms with van der Waals surface area (Å²) in [6, 6.07) is 15.0. The van der Waals surface area contributed by atoms with E-state index in [1.54, 1.807) is 18.3 Å². The molecule has 8 nitrogen and oxygen atoms in total. The molecule has 4 N–H and O–H groups in total. The molecule has 6 rings (SSSR count). The molecule has 1 fully saturated rings. The molecule has 0 unspecified atom stereocenters. The van der Waals surface area contributed by atoms with Crippen LogP contribution in [0.5, 0.6) is 0 Å². The summed E-state index contributed by atoms with van der Waals surface area (Å²) in [7, 11) is 0. The van der Waals surface area contributed by atoms with Gasteiger partial charge in [-0.2, -0.15) is 18.4 Å². The number of alkyl halides is 3. The van der Waals surface area contributed by atoms with Crippen molar-refractivity contribution in [1.82, 2.24) is 25.9 Å². The Labute approximate surface area is 251 Å². The second-order valence-corrected chi connectivity index (χ2v) is 12.3. The van der Waals surface area contributed by atoms with Crippen molar-refractivity contribution in [3.63, 3.8) is 0 Å². The van der Waals surface area contributed by atoms with E-state index in [2.05, 4.69) is 43.5 Å². The molecule has 2 aromatic heterocycles. The molecule has 1 aliphatic heterocycles. The Bertz CT molecular complexity index is 1790. The van der Waals surface area contributed by atoms with Crippen molar-refractivity contribution in [2.75, 3.05) is 17.2 Å². The van der Waals surface area contributed by atoms with Gasteiger partial charge in [0.15, 0.2) is 0 Å². The van der Waals surface area contributed by atoms with Crippen LogP contribution >= 0.6 is 11.6 Å². The lowest BCUT2D eigenvalue weighted by molar-refractivity contribution is -0.206. The zero-order valence-corrected chi connectivity index (χ0v) is 24.5. The van der Waals surface area contributed by atoms with Crippen LogP contribution in [0.15, 0.2) is 66.8 Å². The number of fused-ring (bicyclic) bond motifs is 2. The third kappa shape index (κ3) is 5.37. The van der Waals surface area contributed by atoms with E-state index in [1.807, 2.05) is 42.6 Å². The topological polar surface area (TPSA) is 101 Å². The first-order chi connectivity index (χ1) is 20.4. The number of anilines is 2. The van der Waals surface area contributed by atoms with E-state index < -0.39 is 24.2 Å². The highest BCUT2D eigenvalue weighted by molar-refractivity contribution is 6.35. The van der Waals surface area contributed by atoms with E-state index in [0.717, 1.165) is 48.9 Å². The molecular weight excluding hydrogens is 577 g/mol. The van der Waals surface area contributed by atoms with E-state index in [4.69, 9.17) is 11.6 Å². The van der Waals surface area contributed by atoms with Gasteiger partial charge in [0.1, 0.15) is 6.07 Å². The number of benzene rings is 2. The number of nitrogens with one attached hydrogen (secondary N) is 4. The van der Waals surface area contributed by atoms with Gasteiger partial charge in [0.2, 0.25) is 0 Å². The van der Waals surface area contributed by atoms with Crippen LogP contribution in [0, 0.1) is 16.7 Å². The van der Waals surface area contributed by atoms with Gasteiger partial charge in [-0.05, 0) is 63.4 Å². The third-order valence-electron chi connectivity index (χ3n) is 8.28. The molecule has 222 valence electrons. The highest BCUT2D eigenvalue weighted by Gasteiger charge is 2.47. The molecular formula is C31H30ClF3N8. The van der Waals surface area contributed by atoms with Crippen LogP contribution < -0.4 is 21.6 Å². The quantitative estimate of drug-likeness (QED) is 0.167. The number of nitrogens with zero attached hydrogens (tertiary/aromatic N) is 4. The van der Waals surface area contributed by atoms with Crippen LogP contribution in [0.25, 0.3) is 21.8 Å². The minimum atomic E-state index is -4.44. The third-order valence-corrected chi connectivity index (χ3v) is 8.56. The smallest absolute Gasteiger partial charge is 0.382 e. The summed E-state index contributed by atoms with van der Waals surface area (Å²) < 4.78 is 41.0. The zero-order chi connectivity index (χ0) is 30.6. The van der Waals surface area contributed by atoms with Crippen LogP contribution in [0.4, 0.5) is 24.5 Å². The lowest BCUT2D eigenvalue weighted by atomic mass is 9.92. The van der Waals surface area contributed by atoms with Crippen molar-refractivity contribution in [3.8, 4) is 6.07 Å². The molecule has 4 aromatic rings. The molecule has 1 atom stereocenters. The summed E-state index contributed by atoms with van der Waals surface area (Å²) in [6.45, 7) is 3.96. The van der Waals surface area contributed by atoms with E-state index in [9.17, 15) is 18.4 Å². The van der Waals surface area contributed by atoms with Gasteiger partial charge in [0, 0.05) is 41.6 Å². The standard InChI is InChI=1S/C31H30ClF3N8/c1-29(2,31(33,34)35)17-39-26-18(14-36)15-38-27-22(26)12-19(13-23(27)32)40-28(25-16-43(42-41-25)30(3)9-10-30)21-6-4-8-24-20(21)7-5-11-37-24/h4-8,11-13,15-16,28,40-42H,9-10,17H2,1-3H3,(H,38,39)/t28-/m0/s1.